The van der Waals surface area contributed by atoms with Gasteiger partial charge < -0.3 is 10.4 Å². The fourth-order valence-corrected chi connectivity index (χ4v) is 2.48. The number of hydrogen-bond donors (Lipinski definition) is 2. The summed E-state index contributed by atoms with van der Waals surface area (Å²) >= 11 is 2.41. The van der Waals surface area contributed by atoms with E-state index in [1.54, 1.807) is 6.20 Å². The Kier molecular flexibility index (Phi) is 3.50. The summed E-state index contributed by atoms with van der Waals surface area (Å²) in [4.78, 5) is 26.9. The molecule has 0 unspecified atom stereocenters. The Balaban J connectivity index is 1.97. The van der Waals surface area contributed by atoms with Gasteiger partial charge in [-0.15, -0.1) is 22.7 Å². The highest BCUT2D eigenvalue weighted by Gasteiger charge is 2.12. The van der Waals surface area contributed by atoms with Gasteiger partial charge in [-0.3, -0.25) is 4.79 Å². The molecule has 1 amide bonds. The molecule has 0 aliphatic carbocycles. The molecule has 0 aromatic carbocycles. The number of carboxylic acids is 1. The number of aromatic nitrogens is 1. The fraction of sp³-hybridized carbons (Fsp3) is 0.100. The Morgan fingerprint density at radius 1 is 1.35 bits per heavy atom. The van der Waals surface area contributed by atoms with Gasteiger partial charge in [-0.1, -0.05) is 0 Å². The van der Waals surface area contributed by atoms with E-state index >= 15 is 0 Å². The van der Waals surface area contributed by atoms with Gasteiger partial charge in [0.2, 0.25) is 0 Å². The number of nitrogens with zero attached hydrogens (tertiary/aromatic N) is 1. The van der Waals surface area contributed by atoms with Crippen molar-refractivity contribution in [2.24, 2.45) is 0 Å². The van der Waals surface area contributed by atoms with Crippen LogP contribution in [-0.4, -0.2) is 22.0 Å². The third kappa shape index (κ3) is 2.89. The maximum atomic E-state index is 11.7. The second kappa shape index (κ2) is 5.07. The van der Waals surface area contributed by atoms with Gasteiger partial charge in [0.1, 0.15) is 9.88 Å². The maximum absolute atomic E-state index is 11.7. The lowest BCUT2D eigenvalue weighted by atomic mass is 10.4. The Labute approximate surface area is 105 Å². The normalized spacial score (nSPS) is 10.1. The lowest BCUT2D eigenvalue weighted by molar-refractivity contribution is 0.0702. The van der Waals surface area contributed by atoms with Crippen molar-refractivity contribution >= 4 is 34.6 Å². The molecule has 0 spiro atoms. The molecule has 0 bridgehead atoms. The lowest BCUT2D eigenvalue weighted by Gasteiger charge is -1.99. The van der Waals surface area contributed by atoms with Crippen molar-refractivity contribution in [3.63, 3.8) is 0 Å². The van der Waals surface area contributed by atoms with Crippen molar-refractivity contribution in [2.75, 3.05) is 0 Å². The molecule has 2 heterocycles. The first kappa shape index (κ1) is 11.7. The summed E-state index contributed by atoms with van der Waals surface area (Å²) in [6.45, 7) is 0.358. The molecule has 0 fully saturated rings. The quantitative estimate of drug-likeness (QED) is 0.886. The van der Waals surface area contributed by atoms with Gasteiger partial charge in [0.05, 0.1) is 11.4 Å². The number of carbonyl (C=O) groups is 2. The van der Waals surface area contributed by atoms with Gasteiger partial charge in [-0.25, -0.2) is 9.78 Å². The number of thiazole rings is 1. The number of hydrogen-bond acceptors (Lipinski definition) is 5. The fourth-order valence-electron chi connectivity index (χ4n) is 1.16. The smallest absolute Gasteiger partial charge is 0.345 e. The summed E-state index contributed by atoms with van der Waals surface area (Å²) in [5, 5.41) is 14.1. The van der Waals surface area contributed by atoms with Crippen LogP contribution in [0.2, 0.25) is 0 Å². The molecule has 2 aromatic heterocycles. The van der Waals surface area contributed by atoms with Crippen molar-refractivity contribution in [3.05, 3.63) is 38.5 Å². The first-order valence-corrected chi connectivity index (χ1v) is 6.36. The molecule has 88 valence electrons. The molecule has 0 aliphatic rings. The molecule has 0 radical (unpaired) electrons. The van der Waals surface area contributed by atoms with Crippen molar-refractivity contribution < 1.29 is 14.7 Å². The molecule has 0 atom stereocenters. The molecule has 17 heavy (non-hydrogen) atoms. The van der Waals surface area contributed by atoms with Gasteiger partial charge in [-0.2, -0.15) is 0 Å². The second-order valence-corrected chi connectivity index (χ2v) is 5.14. The average Bonchev–Trinajstić information content (AvgIpc) is 2.96. The highest BCUT2D eigenvalue weighted by atomic mass is 32.1. The molecule has 2 aromatic rings. The van der Waals surface area contributed by atoms with E-state index in [9.17, 15) is 9.59 Å². The minimum Gasteiger partial charge on any atom is -0.477 e. The number of thiophene rings is 1. The Bertz CT molecular complexity index is 534. The Morgan fingerprint density at radius 3 is 2.71 bits per heavy atom. The van der Waals surface area contributed by atoms with E-state index in [2.05, 4.69) is 10.3 Å². The molecule has 0 saturated heterocycles. The number of amides is 1. The Hall–Kier alpha value is -1.73. The van der Waals surface area contributed by atoms with E-state index < -0.39 is 5.97 Å². The zero-order valence-electron chi connectivity index (χ0n) is 8.54. The van der Waals surface area contributed by atoms with Gasteiger partial charge in [0.25, 0.3) is 5.91 Å². The van der Waals surface area contributed by atoms with Gasteiger partial charge >= 0.3 is 5.97 Å². The van der Waals surface area contributed by atoms with Crippen LogP contribution < -0.4 is 5.32 Å². The topological polar surface area (TPSA) is 79.3 Å². The van der Waals surface area contributed by atoms with Gasteiger partial charge in [0.15, 0.2) is 0 Å². The molecule has 2 rings (SSSR count). The summed E-state index contributed by atoms with van der Waals surface area (Å²) in [6.07, 6.45) is 1.67. The summed E-state index contributed by atoms with van der Waals surface area (Å²) in [6, 6.07) is 2.93. The van der Waals surface area contributed by atoms with Gasteiger partial charge in [-0.05, 0) is 12.1 Å². The molecule has 0 aliphatic heterocycles. The summed E-state index contributed by atoms with van der Waals surface area (Å²) in [7, 11) is 0. The standard InChI is InChI=1S/C10H8N2O3S2/c13-9(12-5-8-11-3-4-16-8)6-1-2-7(17-6)10(14)15/h1-4H,5H2,(H,12,13)(H,14,15). The van der Waals surface area contributed by atoms with Crippen molar-refractivity contribution in [2.45, 2.75) is 6.54 Å². The van der Waals surface area contributed by atoms with Gasteiger partial charge in [0, 0.05) is 11.6 Å². The molecule has 0 saturated carbocycles. The minimum atomic E-state index is -1.02. The number of carboxylic acid groups (broad SMARTS) is 1. The van der Waals surface area contributed by atoms with Crippen molar-refractivity contribution in [3.8, 4) is 0 Å². The molecule has 7 heteroatoms. The molecule has 2 N–H and O–H groups in total. The van der Waals surface area contributed by atoms with Crippen LogP contribution >= 0.6 is 22.7 Å². The first-order valence-electron chi connectivity index (χ1n) is 4.66. The first-order chi connectivity index (χ1) is 8.16. The molecular weight excluding hydrogens is 260 g/mol. The maximum Gasteiger partial charge on any atom is 0.345 e. The third-order valence-corrected chi connectivity index (χ3v) is 3.78. The minimum absolute atomic E-state index is 0.157. The van der Waals surface area contributed by atoms with E-state index in [0.717, 1.165) is 16.3 Å². The van der Waals surface area contributed by atoms with Crippen LogP contribution in [0.4, 0.5) is 0 Å². The average molecular weight is 268 g/mol. The molecular formula is C10H8N2O3S2. The highest BCUT2D eigenvalue weighted by Crippen LogP contribution is 2.16. The van der Waals surface area contributed by atoms with E-state index in [1.807, 2.05) is 5.38 Å². The third-order valence-electron chi connectivity index (χ3n) is 1.92. The number of carbonyl (C=O) groups excluding carboxylic acids is 1. The largest absolute Gasteiger partial charge is 0.477 e. The number of nitrogens with one attached hydrogen (secondary N) is 1. The summed E-state index contributed by atoms with van der Waals surface area (Å²) in [5.41, 5.74) is 0. The van der Waals surface area contributed by atoms with E-state index in [-0.39, 0.29) is 10.8 Å². The van der Waals surface area contributed by atoms with Crippen LogP contribution in [0.3, 0.4) is 0 Å². The number of rotatable bonds is 4. The van der Waals surface area contributed by atoms with Crippen LogP contribution in [0, 0.1) is 0 Å². The molecule has 5 nitrogen and oxygen atoms in total. The van der Waals surface area contributed by atoms with E-state index in [0.29, 0.717) is 11.4 Å². The highest BCUT2D eigenvalue weighted by molar-refractivity contribution is 7.15. The van der Waals surface area contributed by atoms with Crippen LogP contribution in [0.15, 0.2) is 23.7 Å². The SMILES string of the molecule is O=C(O)c1ccc(C(=O)NCc2nccs2)s1. The second-order valence-electron chi connectivity index (χ2n) is 3.08. The van der Waals surface area contributed by atoms with E-state index in [4.69, 9.17) is 5.11 Å². The van der Waals surface area contributed by atoms with E-state index in [1.165, 1.54) is 23.5 Å². The zero-order chi connectivity index (χ0) is 12.3. The van der Waals surface area contributed by atoms with Crippen LogP contribution in [0.5, 0.6) is 0 Å². The summed E-state index contributed by atoms with van der Waals surface area (Å²) < 4.78 is 0. The van der Waals surface area contributed by atoms with Crippen LogP contribution in [-0.2, 0) is 6.54 Å². The Morgan fingerprint density at radius 2 is 2.12 bits per heavy atom. The van der Waals surface area contributed by atoms with Crippen LogP contribution in [0.1, 0.15) is 24.4 Å². The van der Waals surface area contributed by atoms with Crippen molar-refractivity contribution in [1.29, 1.82) is 0 Å². The zero-order valence-corrected chi connectivity index (χ0v) is 10.2. The number of aromatic carboxylic acids is 1. The predicted molar refractivity (Wildman–Crippen MR) is 64.6 cm³/mol. The summed E-state index contributed by atoms with van der Waals surface area (Å²) in [5.74, 6) is -1.30. The van der Waals surface area contributed by atoms with Crippen LogP contribution in [0.25, 0.3) is 0 Å². The predicted octanol–water partition coefficient (Wildman–Crippen LogP) is 1.83. The van der Waals surface area contributed by atoms with Crippen molar-refractivity contribution in [1.82, 2.24) is 10.3 Å². The monoisotopic (exact) mass is 268 g/mol. The lowest BCUT2D eigenvalue weighted by Crippen LogP contribution is -2.21.